The molecule has 0 aromatic heterocycles. The van der Waals surface area contributed by atoms with Crippen molar-refractivity contribution in [2.24, 2.45) is 0 Å². The zero-order valence-corrected chi connectivity index (χ0v) is 10.6. The Labute approximate surface area is 94.9 Å². The van der Waals surface area contributed by atoms with Crippen molar-refractivity contribution < 1.29 is 21.8 Å². The SMILES string of the molecule is CC(=O)Nc1c([As](=O)(O)O)ccc(C)c1O. The summed E-state index contributed by atoms with van der Waals surface area (Å²) >= 11 is -5.17. The first-order chi connectivity index (χ1) is 7.23. The summed E-state index contributed by atoms with van der Waals surface area (Å²) in [5.74, 6) is -0.830. The topological polar surface area (TPSA) is 107 Å². The number of benzene rings is 1. The molecule has 1 aromatic rings. The molecule has 16 heavy (non-hydrogen) atoms. The molecule has 0 saturated carbocycles. The van der Waals surface area contributed by atoms with Crippen molar-refractivity contribution in [3.63, 3.8) is 0 Å². The number of amides is 1. The van der Waals surface area contributed by atoms with Crippen LogP contribution in [0.1, 0.15) is 12.5 Å². The molecule has 0 heterocycles. The van der Waals surface area contributed by atoms with Crippen molar-refractivity contribution in [2.75, 3.05) is 5.32 Å². The molecule has 0 radical (unpaired) electrons. The average molecular weight is 289 g/mol. The molecule has 4 N–H and O–H groups in total. The molecule has 1 rings (SSSR count). The van der Waals surface area contributed by atoms with Crippen molar-refractivity contribution in [1.82, 2.24) is 0 Å². The number of nitrogens with one attached hydrogen (secondary N) is 1. The van der Waals surface area contributed by atoms with E-state index in [1.807, 2.05) is 0 Å². The Morgan fingerprint density at radius 1 is 1.38 bits per heavy atom. The summed E-state index contributed by atoms with van der Waals surface area (Å²) in [7, 11) is 0. The molecule has 0 aliphatic rings. The number of aryl methyl sites for hydroxylation is 1. The van der Waals surface area contributed by atoms with E-state index in [1.54, 1.807) is 6.92 Å². The van der Waals surface area contributed by atoms with Gasteiger partial charge in [0, 0.05) is 0 Å². The molecule has 0 bridgehead atoms. The molecule has 7 heteroatoms. The Hall–Kier alpha value is -1.23. The monoisotopic (exact) mass is 289 g/mol. The number of carbonyl (C=O) groups is 1. The first-order valence-electron chi connectivity index (χ1n) is 4.39. The second kappa shape index (κ2) is 4.33. The van der Waals surface area contributed by atoms with Crippen LogP contribution in [0.25, 0.3) is 0 Å². The van der Waals surface area contributed by atoms with Gasteiger partial charge in [0.25, 0.3) is 0 Å². The summed E-state index contributed by atoms with van der Waals surface area (Å²) in [6.45, 7) is 2.76. The van der Waals surface area contributed by atoms with Crippen molar-refractivity contribution >= 4 is 30.1 Å². The molecular formula is C9H12AsNO5. The van der Waals surface area contributed by atoms with Crippen molar-refractivity contribution in [2.45, 2.75) is 13.8 Å². The van der Waals surface area contributed by atoms with Crippen LogP contribution in [0.15, 0.2) is 12.1 Å². The van der Waals surface area contributed by atoms with Gasteiger partial charge in [-0.15, -0.1) is 0 Å². The Morgan fingerprint density at radius 2 is 1.94 bits per heavy atom. The molecule has 0 fully saturated rings. The zero-order chi connectivity index (χ0) is 12.5. The fraction of sp³-hybridized carbons (Fsp3) is 0.222. The van der Waals surface area contributed by atoms with Gasteiger partial charge in [-0.1, -0.05) is 0 Å². The number of phenols is 1. The summed E-state index contributed by atoms with van der Waals surface area (Å²) in [4.78, 5) is 10.9. The molecule has 0 aliphatic heterocycles. The number of phenolic OH excluding ortho intramolecular Hbond substituents is 1. The molecule has 0 spiro atoms. The first kappa shape index (κ1) is 12.8. The summed E-state index contributed by atoms with van der Waals surface area (Å²) in [5, 5.41) is 11.9. The molecule has 0 unspecified atom stereocenters. The van der Waals surface area contributed by atoms with E-state index < -0.39 is 20.1 Å². The van der Waals surface area contributed by atoms with E-state index in [-0.39, 0.29) is 15.8 Å². The minimum atomic E-state index is -5.17. The van der Waals surface area contributed by atoms with Gasteiger partial charge in [-0.25, -0.2) is 0 Å². The number of rotatable bonds is 2. The molecule has 6 nitrogen and oxygen atoms in total. The Bertz CT molecular complexity index is 479. The van der Waals surface area contributed by atoms with Gasteiger partial charge in [0.2, 0.25) is 0 Å². The van der Waals surface area contributed by atoms with E-state index >= 15 is 0 Å². The van der Waals surface area contributed by atoms with E-state index in [1.165, 1.54) is 19.1 Å². The van der Waals surface area contributed by atoms with E-state index in [9.17, 15) is 13.6 Å². The van der Waals surface area contributed by atoms with E-state index in [0.29, 0.717) is 5.56 Å². The van der Waals surface area contributed by atoms with Crippen LogP contribution in [0.5, 0.6) is 5.75 Å². The van der Waals surface area contributed by atoms with Crippen LogP contribution < -0.4 is 9.67 Å². The van der Waals surface area contributed by atoms with Crippen LogP contribution >= 0.6 is 0 Å². The van der Waals surface area contributed by atoms with Gasteiger partial charge < -0.3 is 0 Å². The fourth-order valence-corrected chi connectivity index (χ4v) is 2.74. The van der Waals surface area contributed by atoms with Gasteiger partial charge in [0.05, 0.1) is 0 Å². The summed E-state index contributed by atoms with van der Waals surface area (Å²) < 4.78 is 29.1. The van der Waals surface area contributed by atoms with Crippen LogP contribution in [0.4, 0.5) is 5.69 Å². The Balaban J connectivity index is 3.45. The average Bonchev–Trinajstić information content (AvgIpc) is 2.10. The second-order valence-electron chi connectivity index (χ2n) is 3.35. The van der Waals surface area contributed by atoms with Gasteiger partial charge >= 0.3 is 94.6 Å². The van der Waals surface area contributed by atoms with Gasteiger partial charge in [-0.05, 0) is 0 Å². The Kier molecular flexibility index (Phi) is 3.47. The van der Waals surface area contributed by atoms with Crippen molar-refractivity contribution in [1.29, 1.82) is 0 Å². The van der Waals surface area contributed by atoms with Crippen LogP contribution in [-0.4, -0.2) is 33.4 Å². The maximum absolute atomic E-state index is 11.2. The Morgan fingerprint density at radius 3 is 2.38 bits per heavy atom. The van der Waals surface area contributed by atoms with Gasteiger partial charge in [-0.3, -0.25) is 0 Å². The van der Waals surface area contributed by atoms with Crippen molar-refractivity contribution in [3.05, 3.63) is 17.7 Å². The fourth-order valence-electron chi connectivity index (χ4n) is 1.23. The summed E-state index contributed by atoms with van der Waals surface area (Å²) in [6, 6.07) is 2.59. The van der Waals surface area contributed by atoms with Gasteiger partial charge in [-0.2, -0.15) is 0 Å². The second-order valence-corrected chi connectivity index (χ2v) is 6.64. The van der Waals surface area contributed by atoms with Gasteiger partial charge in [0.15, 0.2) is 0 Å². The molecule has 1 aromatic carbocycles. The third-order valence-corrected chi connectivity index (χ3v) is 4.07. The first-order valence-corrected chi connectivity index (χ1v) is 7.78. The molecular weight excluding hydrogens is 277 g/mol. The van der Waals surface area contributed by atoms with Crippen LogP contribution in [-0.2, 0) is 8.53 Å². The quantitative estimate of drug-likeness (QED) is 0.422. The third kappa shape index (κ3) is 2.66. The number of aromatic hydroxyl groups is 1. The number of hydrogen-bond acceptors (Lipinski definition) is 3. The zero-order valence-electron chi connectivity index (χ0n) is 8.76. The molecule has 0 aliphatic carbocycles. The van der Waals surface area contributed by atoms with Crippen LogP contribution in [0.3, 0.4) is 0 Å². The normalized spacial score (nSPS) is 11.2. The number of hydrogen-bond donors (Lipinski definition) is 4. The van der Waals surface area contributed by atoms with Gasteiger partial charge in [0.1, 0.15) is 0 Å². The molecule has 88 valence electrons. The van der Waals surface area contributed by atoms with Crippen LogP contribution in [0.2, 0.25) is 0 Å². The molecule has 0 saturated heterocycles. The predicted octanol–water partition coefficient (Wildman–Crippen LogP) is -0.780. The third-order valence-electron chi connectivity index (χ3n) is 1.97. The number of carbonyl (C=O) groups excluding carboxylic acids is 1. The van der Waals surface area contributed by atoms with Crippen molar-refractivity contribution in [3.8, 4) is 5.75 Å². The summed E-state index contributed by atoms with van der Waals surface area (Å²) in [5.41, 5.74) is 0.219. The van der Waals surface area contributed by atoms with E-state index in [0.717, 1.165) is 0 Å². The predicted molar refractivity (Wildman–Crippen MR) is 57.7 cm³/mol. The molecule has 1 amide bonds. The van der Waals surface area contributed by atoms with E-state index in [4.69, 9.17) is 8.19 Å². The van der Waals surface area contributed by atoms with E-state index in [2.05, 4.69) is 5.32 Å². The number of anilines is 1. The maximum atomic E-state index is 11.2. The standard InChI is InChI=1S/C9H12AsNO5/c1-5-3-4-7(10(14,15)16)8(9(5)13)11-6(2)12/h3-4,13H,1-2H3,(H,11,12)(H2,14,15,16). The van der Waals surface area contributed by atoms with Crippen LogP contribution in [0, 0.1) is 6.92 Å². The minimum absolute atomic E-state index is 0.208. The summed E-state index contributed by atoms with van der Waals surface area (Å²) in [6.07, 6.45) is 0. The molecule has 0 atom stereocenters.